The quantitative estimate of drug-likeness (QED) is 0.817. The minimum atomic E-state index is 0.217. The van der Waals surface area contributed by atoms with Crippen molar-refractivity contribution in [1.82, 2.24) is 19.8 Å². The summed E-state index contributed by atoms with van der Waals surface area (Å²) in [6.07, 6.45) is 7.65. The summed E-state index contributed by atoms with van der Waals surface area (Å²) in [7, 11) is 0. The van der Waals surface area contributed by atoms with E-state index in [4.69, 9.17) is 0 Å². The van der Waals surface area contributed by atoms with Crippen molar-refractivity contribution in [2.24, 2.45) is 5.41 Å². The molecule has 3 heterocycles. The van der Waals surface area contributed by atoms with Crippen LogP contribution in [0.1, 0.15) is 48.2 Å². The molecule has 0 bridgehead atoms. The van der Waals surface area contributed by atoms with E-state index in [0.717, 1.165) is 44.0 Å². The Morgan fingerprint density at radius 2 is 1.82 bits per heavy atom. The SMILES string of the molecule is Cc1ccc(CN2CCC[C@@]3(CCC(=O)N(Cc4cnc(C)cn4)C3)C2)cc1. The first kappa shape index (κ1) is 19.1. The molecule has 5 nitrogen and oxygen atoms in total. The normalized spacial score (nSPS) is 23.4. The second-order valence-corrected chi connectivity index (χ2v) is 8.70. The van der Waals surface area contributed by atoms with Gasteiger partial charge in [-0.3, -0.25) is 19.7 Å². The number of benzene rings is 1. The molecule has 2 fully saturated rings. The second kappa shape index (κ2) is 8.00. The summed E-state index contributed by atoms with van der Waals surface area (Å²) in [5.41, 5.74) is 4.68. The first-order chi connectivity index (χ1) is 13.5. The number of rotatable bonds is 4. The first-order valence-corrected chi connectivity index (χ1v) is 10.3. The number of piperidine rings is 2. The van der Waals surface area contributed by atoms with Crippen LogP contribution in [0.4, 0.5) is 0 Å². The smallest absolute Gasteiger partial charge is 0.222 e. The van der Waals surface area contributed by atoms with E-state index in [2.05, 4.69) is 46.1 Å². The van der Waals surface area contributed by atoms with Crippen molar-refractivity contribution >= 4 is 5.91 Å². The third-order valence-electron chi connectivity index (χ3n) is 6.20. The molecule has 28 heavy (non-hydrogen) atoms. The van der Waals surface area contributed by atoms with Gasteiger partial charge in [-0.15, -0.1) is 0 Å². The molecule has 0 unspecified atom stereocenters. The van der Waals surface area contributed by atoms with Gasteiger partial charge in [0.05, 0.1) is 24.1 Å². The molecule has 0 saturated carbocycles. The summed E-state index contributed by atoms with van der Waals surface area (Å²) >= 11 is 0. The van der Waals surface area contributed by atoms with Crippen LogP contribution in [-0.4, -0.2) is 45.3 Å². The summed E-state index contributed by atoms with van der Waals surface area (Å²) < 4.78 is 0. The molecule has 1 aromatic heterocycles. The molecule has 1 atom stereocenters. The molecule has 2 aliphatic rings. The summed E-state index contributed by atoms with van der Waals surface area (Å²) in [6, 6.07) is 8.87. The number of likely N-dealkylation sites (tertiary alicyclic amines) is 2. The lowest BCUT2D eigenvalue weighted by Crippen LogP contribution is -2.53. The zero-order valence-electron chi connectivity index (χ0n) is 17.0. The molecule has 1 amide bonds. The fourth-order valence-corrected chi connectivity index (χ4v) is 4.67. The Bertz CT molecular complexity index is 818. The minimum absolute atomic E-state index is 0.217. The number of hydrogen-bond acceptors (Lipinski definition) is 4. The van der Waals surface area contributed by atoms with E-state index in [1.54, 1.807) is 12.4 Å². The lowest BCUT2D eigenvalue weighted by molar-refractivity contribution is -0.140. The summed E-state index contributed by atoms with van der Waals surface area (Å²) in [6.45, 7) is 8.70. The number of amides is 1. The van der Waals surface area contributed by atoms with Gasteiger partial charge in [-0.05, 0) is 45.2 Å². The Hall–Kier alpha value is -2.27. The van der Waals surface area contributed by atoms with Gasteiger partial charge < -0.3 is 4.90 Å². The molecule has 0 radical (unpaired) electrons. The van der Waals surface area contributed by atoms with Crippen LogP contribution in [0, 0.1) is 19.3 Å². The molecule has 5 heteroatoms. The van der Waals surface area contributed by atoms with Crippen molar-refractivity contribution in [2.45, 2.75) is 52.6 Å². The average molecular weight is 379 g/mol. The Kier molecular flexibility index (Phi) is 5.44. The van der Waals surface area contributed by atoms with Gasteiger partial charge in [0.15, 0.2) is 0 Å². The van der Waals surface area contributed by atoms with Gasteiger partial charge in [0, 0.05) is 37.7 Å². The molecule has 2 aromatic rings. The molecule has 2 aliphatic heterocycles. The van der Waals surface area contributed by atoms with Crippen LogP contribution in [-0.2, 0) is 17.9 Å². The van der Waals surface area contributed by atoms with Crippen molar-refractivity contribution < 1.29 is 4.79 Å². The van der Waals surface area contributed by atoms with Crippen molar-refractivity contribution in [3.63, 3.8) is 0 Å². The molecule has 1 aromatic carbocycles. The highest BCUT2D eigenvalue weighted by Crippen LogP contribution is 2.39. The van der Waals surface area contributed by atoms with Crippen molar-refractivity contribution in [3.8, 4) is 0 Å². The van der Waals surface area contributed by atoms with Gasteiger partial charge in [0.25, 0.3) is 0 Å². The Morgan fingerprint density at radius 3 is 2.57 bits per heavy atom. The van der Waals surface area contributed by atoms with Gasteiger partial charge in [-0.25, -0.2) is 0 Å². The van der Waals surface area contributed by atoms with Gasteiger partial charge in [0.2, 0.25) is 5.91 Å². The van der Waals surface area contributed by atoms with Gasteiger partial charge in [-0.2, -0.15) is 0 Å². The Balaban J connectivity index is 1.43. The highest BCUT2D eigenvalue weighted by Gasteiger charge is 2.41. The third kappa shape index (κ3) is 4.41. The molecule has 2 saturated heterocycles. The van der Waals surface area contributed by atoms with Crippen molar-refractivity contribution in [2.75, 3.05) is 19.6 Å². The average Bonchev–Trinajstić information content (AvgIpc) is 2.69. The monoisotopic (exact) mass is 378 g/mol. The summed E-state index contributed by atoms with van der Waals surface area (Å²) in [4.78, 5) is 25.9. The first-order valence-electron chi connectivity index (χ1n) is 10.3. The Labute approximate surface area is 167 Å². The number of carbonyl (C=O) groups is 1. The zero-order valence-corrected chi connectivity index (χ0v) is 17.0. The molecular formula is C23H30N4O. The van der Waals surface area contributed by atoms with Crippen LogP contribution < -0.4 is 0 Å². The molecular weight excluding hydrogens is 348 g/mol. The highest BCUT2D eigenvalue weighted by atomic mass is 16.2. The second-order valence-electron chi connectivity index (χ2n) is 8.70. The Morgan fingerprint density at radius 1 is 1.00 bits per heavy atom. The van der Waals surface area contributed by atoms with E-state index in [1.807, 2.05) is 11.8 Å². The third-order valence-corrected chi connectivity index (χ3v) is 6.20. The predicted molar refractivity (Wildman–Crippen MR) is 110 cm³/mol. The van der Waals surface area contributed by atoms with Crippen LogP contribution in [0.5, 0.6) is 0 Å². The van der Waals surface area contributed by atoms with Crippen LogP contribution in [0.15, 0.2) is 36.7 Å². The lowest BCUT2D eigenvalue weighted by Gasteiger charge is -2.48. The van der Waals surface area contributed by atoms with Gasteiger partial charge >= 0.3 is 0 Å². The van der Waals surface area contributed by atoms with Gasteiger partial charge in [-0.1, -0.05) is 29.8 Å². The summed E-state index contributed by atoms with van der Waals surface area (Å²) in [5, 5.41) is 0. The topological polar surface area (TPSA) is 49.3 Å². The maximum atomic E-state index is 12.6. The van der Waals surface area contributed by atoms with Crippen molar-refractivity contribution in [3.05, 3.63) is 59.2 Å². The number of aryl methyl sites for hydroxylation is 2. The van der Waals surface area contributed by atoms with E-state index >= 15 is 0 Å². The zero-order chi connectivity index (χ0) is 19.6. The molecule has 4 rings (SSSR count). The largest absolute Gasteiger partial charge is 0.336 e. The molecule has 148 valence electrons. The molecule has 1 spiro atoms. The van der Waals surface area contributed by atoms with Gasteiger partial charge in [0.1, 0.15) is 0 Å². The minimum Gasteiger partial charge on any atom is -0.336 e. The fourth-order valence-electron chi connectivity index (χ4n) is 4.67. The van der Waals surface area contributed by atoms with E-state index in [-0.39, 0.29) is 11.3 Å². The number of nitrogens with zero attached hydrogens (tertiary/aromatic N) is 4. The van der Waals surface area contributed by atoms with E-state index < -0.39 is 0 Å². The van der Waals surface area contributed by atoms with E-state index in [0.29, 0.717) is 13.0 Å². The highest BCUT2D eigenvalue weighted by molar-refractivity contribution is 5.77. The van der Waals surface area contributed by atoms with Crippen molar-refractivity contribution in [1.29, 1.82) is 0 Å². The standard InChI is InChI=1S/C23H30N4O/c1-18-4-6-20(7-5-18)14-26-11-3-9-23(16-26)10-8-22(28)27(17-23)15-21-13-24-19(2)12-25-21/h4-7,12-13H,3,8-11,14-17H2,1-2H3/t23-/m1/s1. The van der Waals surface area contributed by atoms with Crippen LogP contribution >= 0.6 is 0 Å². The summed E-state index contributed by atoms with van der Waals surface area (Å²) in [5.74, 6) is 0.253. The fraction of sp³-hybridized carbons (Fsp3) is 0.522. The predicted octanol–water partition coefficient (Wildman–Crippen LogP) is 3.50. The number of hydrogen-bond donors (Lipinski definition) is 0. The lowest BCUT2D eigenvalue weighted by atomic mass is 9.73. The van der Waals surface area contributed by atoms with Crippen LogP contribution in [0.2, 0.25) is 0 Å². The maximum absolute atomic E-state index is 12.6. The van der Waals surface area contributed by atoms with E-state index in [9.17, 15) is 4.79 Å². The van der Waals surface area contributed by atoms with Crippen LogP contribution in [0.3, 0.4) is 0 Å². The molecule has 0 N–H and O–H groups in total. The number of carbonyl (C=O) groups excluding carboxylic acids is 1. The molecule has 0 aliphatic carbocycles. The number of aromatic nitrogens is 2. The van der Waals surface area contributed by atoms with E-state index in [1.165, 1.54) is 24.0 Å². The maximum Gasteiger partial charge on any atom is 0.222 e. The van der Waals surface area contributed by atoms with Crippen LogP contribution in [0.25, 0.3) is 0 Å².